The summed E-state index contributed by atoms with van der Waals surface area (Å²) in [5.41, 5.74) is 6.07. The Labute approximate surface area is 107 Å². The van der Waals surface area contributed by atoms with E-state index in [9.17, 15) is 4.79 Å². The molecule has 0 saturated carbocycles. The van der Waals surface area contributed by atoms with Gasteiger partial charge in [0.2, 0.25) is 9.70 Å². The van der Waals surface area contributed by atoms with E-state index >= 15 is 0 Å². The summed E-state index contributed by atoms with van der Waals surface area (Å²) in [5, 5.41) is -0.774. The topological polar surface area (TPSA) is 43.1 Å². The molecule has 6 heteroatoms. The highest BCUT2D eigenvalue weighted by atomic mass is 35.6. The molecule has 0 aliphatic rings. The molecule has 1 aromatic rings. The van der Waals surface area contributed by atoms with Crippen LogP contribution >= 0.6 is 46.4 Å². The molecule has 1 aromatic carbocycles. The average molecular weight is 287 g/mol. The van der Waals surface area contributed by atoms with Crippen LogP contribution in [-0.2, 0) is 0 Å². The lowest BCUT2D eigenvalue weighted by Gasteiger charge is -2.18. The van der Waals surface area contributed by atoms with Crippen LogP contribution in [0.25, 0.3) is 0 Å². The molecule has 2 N–H and O–H groups in total. The number of primary amides is 1. The normalized spacial score (nSPS) is 13.6. The van der Waals surface area contributed by atoms with Gasteiger partial charge in [-0.3, -0.25) is 4.79 Å². The number of halogens is 4. The predicted molar refractivity (Wildman–Crippen MR) is 63.8 cm³/mol. The summed E-state index contributed by atoms with van der Waals surface area (Å²) in [5.74, 6) is -0.512. The second-order valence-corrected chi connectivity index (χ2v) is 5.70. The summed E-state index contributed by atoms with van der Waals surface area (Å²) >= 11 is 22.8. The maximum Gasteiger partial charge on any atom is 0.248 e. The van der Waals surface area contributed by atoms with Crippen molar-refractivity contribution in [1.82, 2.24) is 0 Å². The lowest BCUT2D eigenvalue weighted by atomic mass is 10.1. The predicted octanol–water partition coefficient (Wildman–Crippen LogP) is 3.44. The largest absolute Gasteiger partial charge is 0.366 e. The Kier molecular flexibility index (Phi) is 4.13. The van der Waals surface area contributed by atoms with E-state index in [1.54, 1.807) is 12.1 Å². The van der Waals surface area contributed by atoms with E-state index in [0.29, 0.717) is 11.1 Å². The van der Waals surface area contributed by atoms with Crippen molar-refractivity contribution in [2.24, 2.45) is 5.73 Å². The first-order chi connectivity index (χ1) is 6.82. The Morgan fingerprint density at radius 2 is 1.67 bits per heavy atom. The van der Waals surface area contributed by atoms with Crippen molar-refractivity contribution < 1.29 is 4.79 Å². The van der Waals surface area contributed by atoms with Crippen LogP contribution in [0.4, 0.5) is 0 Å². The standard InChI is InChI=1S/C9H7Cl4NO/c10-7(9(11,12)13)5-1-3-6(4-2-5)8(14)15/h1-4,7H,(H2,14,15). The fourth-order valence-corrected chi connectivity index (χ4v) is 1.53. The Morgan fingerprint density at radius 3 is 2.00 bits per heavy atom. The van der Waals surface area contributed by atoms with E-state index in [1.165, 1.54) is 12.1 Å². The van der Waals surface area contributed by atoms with Gasteiger partial charge in [0, 0.05) is 5.56 Å². The molecular formula is C9H7Cl4NO. The van der Waals surface area contributed by atoms with Gasteiger partial charge in [-0.15, -0.1) is 11.6 Å². The first kappa shape index (κ1) is 12.9. The molecule has 1 unspecified atom stereocenters. The highest BCUT2D eigenvalue weighted by molar-refractivity contribution is 6.70. The Morgan fingerprint density at radius 1 is 1.20 bits per heavy atom. The molecule has 15 heavy (non-hydrogen) atoms. The summed E-state index contributed by atoms with van der Waals surface area (Å²) in [6.07, 6.45) is 0. The molecule has 0 aliphatic carbocycles. The highest BCUT2D eigenvalue weighted by Crippen LogP contribution is 2.44. The Bertz CT molecular complexity index is 357. The van der Waals surface area contributed by atoms with Crippen LogP contribution in [0.3, 0.4) is 0 Å². The number of carbonyl (C=O) groups is 1. The van der Waals surface area contributed by atoms with Gasteiger partial charge in [0.05, 0.1) is 0 Å². The first-order valence-corrected chi connectivity index (χ1v) is 5.50. The minimum atomic E-state index is -1.59. The average Bonchev–Trinajstić information content (AvgIpc) is 2.15. The number of carbonyl (C=O) groups excluding carboxylic acids is 1. The molecule has 0 fully saturated rings. The van der Waals surface area contributed by atoms with Crippen LogP contribution in [-0.4, -0.2) is 9.70 Å². The van der Waals surface area contributed by atoms with Crippen LogP contribution in [0.5, 0.6) is 0 Å². The third-order valence-electron chi connectivity index (χ3n) is 1.78. The van der Waals surface area contributed by atoms with Crippen molar-refractivity contribution in [2.45, 2.75) is 9.17 Å². The maximum atomic E-state index is 10.8. The number of alkyl halides is 4. The Balaban J connectivity index is 2.94. The zero-order valence-electron chi connectivity index (χ0n) is 7.38. The molecule has 0 bridgehead atoms. The SMILES string of the molecule is NC(=O)c1ccc(C(Cl)C(Cl)(Cl)Cl)cc1. The van der Waals surface area contributed by atoms with Gasteiger partial charge in [-0.2, -0.15) is 0 Å². The Hall–Kier alpha value is -0.150. The van der Waals surface area contributed by atoms with Crippen molar-refractivity contribution in [3.63, 3.8) is 0 Å². The van der Waals surface area contributed by atoms with Gasteiger partial charge in [0.25, 0.3) is 0 Å². The lowest BCUT2D eigenvalue weighted by Crippen LogP contribution is -2.13. The van der Waals surface area contributed by atoms with Crippen molar-refractivity contribution in [3.05, 3.63) is 35.4 Å². The van der Waals surface area contributed by atoms with E-state index in [4.69, 9.17) is 52.1 Å². The zero-order chi connectivity index (χ0) is 11.6. The van der Waals surface area contributed by atoms with Gasteiger partial charge >= 0.3 is 0 Å². The number of hydrogen-bond donors (Lipinski definition) is 1. The minimum absolute atomic E-state index is 0.381. The van der Waals surface area contributed by atoms with E-state index in [-0.39, 0.29) is 0 Å². The van der Waals surface area contributed by atoms with E-state index in [0.717, 1.165) is 0 Å². The van der Waals surface area contributed by atoms with Crippen molar-refractivity contribution >= 4 is 52.3 Å². The summed E-state index contributed by atoms with van der Waals surface area (Å²) in [4.78, 5) is 10.8. The van der Waals surface area contributed by atoms with Crippen LogP contribution in [0, 0.1) is 0 Å². The summed E-state index contributed by atoms with van der Waals surface area (Å²) in [6.45, 7) is 0. The molecule has 0 radical (unpaired) electrons. The van der Waals surface area contributed by atoms with E-state index < -0.39 is 15.1 Å². The van der Waals surface area contributed by atoms with E-state index in [1.807, 2.05) is 0 Å². The molecule has 0 saturated heterocycles. The number of benzene rings is 1. The van der Waals surface area contributed by atoms with Gasteiger partial charge in [-0.25, -0.2) is 0 Å². The second-order valence-electron chi connectivity index (χ2n) is 2.89. The number of hydrogen-bond acceptors (Lipinski definition) is 1. The third kappa shape index (κ3) is 3.42. The summed E-state index contributed by atoms with van der Waals surface area (Å²) in [6, 6.07) is 6.26. The molecule has 0 aromatic heterocycles. The molecule has 0 aliphatic heterocycles. The van der Waals surface area contributed by atoms with E-state index in [2.05, 4.69) is 0 Å². The van der Waals surface area contributed by atoms with Crippen molar-refractivity contribution in [2.75, 3.05) is 0 Å². The summed E-state index contributed by atoms with van der Waals surface area (Å²) < 4.78 is -1.59. The van der Waals surface area contributed by atoms with Crippen LogP contribution in [0.1, 0.15) is 21.3 Å². The quantitative estimate of drug-likeness (QED) is 0.832. The van der Waals surface area contributed by atoms with Crippen LogP contribution in [0.15, 0.2) is 24.3 Å². The third-order valence-corrected chi connectivity index (χ3v) is 3.34. The highest BCUT2D eigenvalue weighted by Gasteiger charge is 2.32. The van der Waals surface area contributed by atoms with Gasteiger partial charge in [0.15, 0.2) is 0 Å². The maximum absolute atomic E-state index is 10.8. The number of nitrogens with two attached hydrogens (primary N) is 1. The summed E-state index contributed by atoms with van der Waals surface area (Å²) in [7, 11) is 0. The van der Waals surface area contributed by atoms with Crippen molar-refractivity contribution in [1.29, 1.82) is 0 Å². The fourth-order valence-electron chi connectivity index (χ4n) is 1.01. The smallest absolute Gasteiger partial charge is 0.248 e. The second kappa shape index (κ2) is 4.79. The van der Waals surface area contributed by atoms with Gasteiger partial charge in [0.1, 0.15) is 5.38 Å². The number of amides is 1. The zero-order valence-corrected chi connectivity index (χ0v) is 10.4. The van der Waals surface area contributed by atoms with Crippen LogP contribution < -0.4 is 5.73 Å². The van der Waals surface area contributed by atoms with Crippen molar-refractivity contribution in [3.8, 4) is 0 Å². The van der Waals surface area contributed by atoms with Gasteiger partial charge < -0.3 is 5.73 Å². The molecule has 1 rings (SSSR count). The van der Waals surface area contributed by atoms with Gasteiger partial charge in [-0.05, 0) is 17.7 Å². The minimum Gasteiger partial charge on any atom is -0.366 e. The fraction of sp³-hybridized carbons (Fsp3) is 0.222. The molecule has 1 amide bonds. The molecular weight excluding hydrogens is 280 g/mol. The number of rotatable bonds is 2. The first-order valence-electron chi connectivity index (χ1n) is 3.93. The monoisotopic (exact) mass is 285 g/mol. The molecule has 82 valence electrons. The molecule has 2 nitrogen and oxygen atoms in total. The van der Waals surface area contributed by atoms with Crippen LogP contribution in [0.2, 0.25) is 0 Å². The molecule has 0 spiro atoms. The lowest BCUT2D eigenvalue weighted by molar-refractivity contribution is 0.100. The molecule has 0 heterocycles. The van der Waals surface area contributed by atoms with Gasteiger partial charge in [-0.1, -0.05) is 46.9 Å². The molecule has 1 atom stereocenters.